The fourth-order valence-corrected chi connectivity index (χ4v) is 3.22. The molecule has 0 unspecified atom stereocenters. The number of halogens is 3. The molecule has 0 N–H and O–H groups in total. The van der Waals surface area contributed by atoms with Gasteiger partial charge in [-0.2, -0.15) is 18.3 Å². The first-order valence-electron chi connectivity index (χ1n) is 7.11. The second-order valence-corrected chi connectivity index (χ2v) is 6.22. The minimum atomic E-state index is -4.44. The zero-order chi connectivity index (χ0) is 16.9. The normalized spacial score (nSPS) is 12.5. The van der Waals surface area contributed by atoms with Gasteiger partial charge in [-0.3, -0.25) is 4.68 Å². The third-order valence-electron chi connectivity index (χ3n) is 3.66. The fraction of sp³-hybridized carbons (Fsp3) is 0.286. The molecule has 0 amide bonds. The van der Waals surface area contributed by atoms with Crippen molar-refractivity contribution in [3.8, 4) is 0 Å². The van der Waals surface area contributed by atoms with Gasteiger partial charge < -0.3 is 0 Å². The number of alkyl halides is 3. The lowest BCUT2D eigenvalue weighted by molar-refractivity contribution is -0.141. The Labute approximate surface area is 137 Å². The van der Waals surface area contributed by atoms with E-state index >= 15 is 0 Å². The van der Waals surface area contributed by atoms with Crippen molar-refractivity contribution in [3.05, 3.63) is 41.1 Å². The summed E-state index contributed by atoms with van der Waals surface area (Å²) in [6.45, 7) is 1.87. The van der Waals surface area contributed by atoms with Crippen molar-refractivity contribution in [3.63, 3.8) is 0 Å². The van der Waals surface area contributed by atoms with Crippen LogP contribution in [-0.4, -0.2) is 29.4 Å². The summed E-state index contributed by atoms with van der Waals surface area (Å²) in [5, 5.41) is 10.8. The van der Waals surface area contributed by atoms with Crippen LogP contribution in [0.1, 0.15) is 17.2 Å². The molecule has 0 spiro atoms. The highest BCUT2D eigenvalue weighted by atomic mass is 32.1. The number of aryl methyl sites for hydroxylation is 3. The van der Waals surface area contributed by atoms with Crippen LogP contribution in [-0.2, 0) is 19.1 Å². The van der Waals surface area contributed by atoms with Gasteiger partial charge in [0.05, 0.1) is 5.39 Å². The molecule has 4 aromatic rings. The summed E-state index contributed by atoms with van der Waals surface area (Å²) in [6.07, 6.45) is -2.47. The molecule has 0 aliphatic rings. The monoisotopic (exact) mass is 352 g/mol. The number of hydrogen-bond acceptors (Lipinski definition) is 5. The van der Waals surface area contributed by atoms with Crippen LogP contribution < -0.4 is 0 Å². The van der Waals surface area contributed by atoms with E-state index in [2.05, 4.69) is 20.2 Å². The van der Waals surface area contributed by atoms with Crippen LogP contribution in [0, 0.1) is 6.92 Å². The van der Waals surface area contributed by atoms with Crippen LogP contribution in [0.3, 0.4) is 0 Å². The summed E-state index contributed by atoms with van der Waals surface area (Å²) in [5.41, 5.74) is 0.268. The van der Waals surface area contributed by atoms with Crippen LogP contribution in [0.25, 0.3) is 15.9 Å². The van der Waals surface area contributed by atoms with E-state index < -0.39 is 11.9 Å². The second-order valence-electron chi connectivity index (χ2n) is 5.32. The summed E-state index contributed by atoms with van der Waals surface area (Å²) in [5.74, 6) is 0.541. The molecule has 0 saturated carbocycles. The van der Waals surface area contributed by atoms with Crippen LogP contribution in [0.2, 0.25) is 0 Å². The van der Waals surface area contributed by atoms with E-state index in [1.807, 2.05) is 11.4 Å². The summed E-state index contributed by atoms with van der Waals surface area (Å²) >= 11 is 1.52. The SMILES string of the molecule is Cc1cc(C(F)(F)F)nn1CCc1nc2c3ccsc3ncn2n1. The van der Waals surface area contributed by atoms with E-state index in [-0.39, 0.29) is 6.54 Å². The molecule has 10 heteroatoms. The number of fused-ring (bicyclic) bond motifs is 3. The first-order valence-corrected chi connectivity index (χ1v) is 7.99. The lowest BCUT2D eigenvalue weighted by Gasteiger charge is -2.02. The molecule has 124 valence electrons. The molecular weight excluding hydrogens is 341 g/mol. The van der Waals surface area contributed by atoms with Crippen molar-refractivity contribution in [2.45, 2.75) is 26.1 Å². The highest BCUT2D eigenvalue weighted by molar-refractivity contribution is 7.16. The summed E-state index contributed by atoms with van der Waals surface area (Å²) in [7, 11) is 0. The van der Waals surface area contributed by atoms with Crippen molar-refractivity contribution in [2.24, 2.45) is 0 Å². The lowest BCUT2D eigenvalue weighted by Crippen LogP contribution is -2.10. The van der Waals surface area contributed by atoms with Crippen LogP contribution in [0.4, 0.5) is 13.2 Å². The van der Waals surface area contributed by atoms with Gasteiger partial charge in [-0.15, -0.1) is 16.4 Å². The van der Waals surface area contributed by atoms with Crippen LogP contribution >= 0.6 is 11.3 Å². The van der Waals surface area contributed by atoms with Gasteiger partial charge in [-0.25, -0.2) is 14.5 Å². The van der Waals surface area contributed by atoms with Gasteiger partial charge in [0.25, 0.3) is 0 Å². The predicted octanol–water partition coefficient (Wildman–Crippen LogP) is 3.11. The van der Waals surface area contributed by atoms with Gasteiger partial charge in [0.15, 0.2) is 17.2 Å². The van der Waals surface area contributed by atoms with Gasteiger partial charge in [0.1, 0.15) is 11.2 Å². The zero-order valence-electron chi connectivity index (χ0n) is 12.4. The van der Waals surface area contributed by atoms with E-state index in [1.54, 1.807) is 17.8 Å². The Hall–Kier alpha value is -2.49. The standard InChI is InChI=1S/C14H11F3N6S/c1-8-6-10(14(15,16)17)20-22(8)4-2-11-19-12-9-3-5-24-13(9)18-7-23(12)21-11/h3,5-7H,2,4H2,1H3. The number of thiophene rings is 1. The molecule has 0 radical (unpaired) electrons. The van der Waals surface area contributed by atoms with Crippen molar-refractivity contribution in [1.82, 2.24) is 29.4 Å². The number of rotatable bonds is 3. The molecule has 0 aliphatic carbocycles. The largest absolute Gasteiger partial charge is 0.435 e. The average Bonchev–Trinajstić information content (AvgIpc) is 3.20. The molecule has 0 bridgehead atoms. The van der Waals surface area contributed by atoms with E-state index in [4.69, 9.17) is 0 Å². The average molecular weight is 352 g/mol. The molecule has 6 nitrogen and oxygen atoms in total. The third-order valence-corrected chi connectivity index (χ3v) is 4.48. The lowest BCUT2D eigenvalue weighted by atomic mass is 10.3. The minimum absolute atomic E-state index is 0.277. The van der Waals surface area contributed by atoms with Gasteiger partial charge in [-0.1, -0.05) is 0 Å². The Morgan fingerprint density at radius 1 is 1.25 bits per heavy atom. The van der Waals surface area contributed by atoms with Gasteiger partial charge >= 0.3 is 6.18 Å². The molecule has 4 rings (SSSR count). The molecule has 0 fully saturated rings. The number of aromatic nitrogens is 6. The molecule has 4 aromatic heterocycles. The molecule has 0 aliphatic heterocycles. The van der Waals surface area contributed by atoms with E-state index in [0.717, 1.165) is 16.3 Å². The molecule has 0 atom stereocenters. The predicted molar refractivity (Wildman–Crippen MR) is 81.8 cm³/mol. The highest BCUT2D eigenvalue weighted by Gasteiger charge is 2.34. The van der Waals surface area contributed by atoms with Crippen LogP contribution in [0.15, 0.2) is 23.8 Å². The van der Waals surface area contributed by atoms with Gasteiger partial charge in [0.2, 0.25) is 0 Å². The summed E-state index contributed by atoms with van der Waals surface area (Å²) < 4.78 is 41.0. The Kier molecular flexibility index (Phi) is 3.30. The Morgan fingerprint density at radius 3 is 2.83 bits per heavy atom. The third kappa shape index (κ3) is 2.52. The van der Waals surface area contributed by atoms with Crippen LogP contribution in [0.5, 0.6) is 0 Å². The fourth-order valence-electron chi connectivity index (χ4n) is 2.50. The summed E-state index contributed by atoms with van der Waals surface area (Å²) in [6, 6.07) is 2.96. The Balaban J connectivity index is 1.60. The number of hydrogen-bond donors (Lipinski definition) is 0. The smallest absolute Gasteiger partial charge is 0.269 e. The maximum absolute atomic E-state index is 12.7. The maximum atomic E-state index is 12.7. The van der Waals surface area contributed by atoms with Crippen molar-refractivity contribution < 1.29 is 13.2 Å². The molecule has 24 heavy (non-hydrogen) atoms. The topological polar surface area (TPSA) is 60.9 Å². The maximum Gasteiger partial charge on any atom is 0.435 e. The summed E-state index contributed by atoms with van der Waals surface area (Å²) in [4.78, 5) is 9.62. The Morgan fingerprint density at radius 2 is 2.08 bits per heavy atom. The zero-order valence-corrected chi connectivity index (χ0v) is 13.3. The first-order chi connectivity index (χ1) is 11.4. The quantitative estimate of drug-likeness (QED) is 0.568. The van der Waals surface area contributed by atoms with E-state index in [0.29, 0.717) is 23.6 Å². The van der Waals surface area contributed by atoms with Crippen molar-refractivity contribution >= 4 is 27.2 Å². The van der Waals surface area contributed by atoms with Gasteiger partial charge in [-0.05, 0) is 24.4 Å². The van der Waals surface area contributed by atoms with Crippen molar-refractivity contribution in [1.29, 1.82) is 0 Å². The first kappa shape index (κ1) is 15.1. The Bertz CT molecular complexity index is 1030. The number of nitrogens with zero attached hydrogens (tertiary/aromatic N) is 6. The highest BCUT2D eigenvalue weighted by Crippen LogP contribution is 2.28. The minimum Gasteiger partial charge on any atom is -0.269 e. The molecular formula is C14H11F3N6S. The van der Waals surface area contributed by atoms with E-state index in [1.165, 1.54) is 16.0 Å². The van der Waals surface area contributed by atoms with Crippen molar-refractivity contribution in [2.75, 3.05) is 0 Å². The molecule has 0 saturated heterocycles. The van der Waals surface area contributed by atoms with E-state index in [9.17, 15) is 13.2 Å². The van der Waals surface area contributed by atoms with Gasteiger partial charge in [0, 0.05) is 18.7 Å². The second kappa shape index (κ2) is 5.26. The molecule has 0 aromatic carbocycles. The molecule has 4 heterocycles.